The van der Waals surface area contributed by atoms with Gasteiger partial charge in [-0.1, -0.05) is 24.4 Å². The SMILES string of the molecule is C#CCN(CC)c1ncc(CNCCC)cc1Cl. The van der Waals surface area contributed by atoms with E-state index in [9.17, 15) is 0 Å². The van der Waals surface area contributed by atoms with Crippen molar-refractivity contribution >= 4 is 17.4 Å². The van der Waals surface area contributed by atoms with Crippen LogP contribution in [0.25, 0.3) is 0 Å². The van der Waals surface area contributed by atoms with Crippen molar-refractivity contribution in [3.63, 3.8) is 0 Å². The smallest absolute Gasteiger partial charge is 0.148 e. The maximum Gasteiger partial charge on any atom is 0.148 e. The van der Waals surface area contributed by atoms with Crippen LogP contribution in [0.4, 0.5) is 5.82 Å². The zero-order valence-corrected chi connectivity index (χ0v) is 11.8. The number of nitrogens with one attached hydrogen (secondary N) is 1. The molecule has 0 fully saturated rings. The molecule has 1 aromatic heterocycles. The van der Waals surface area contributed by atoms with E-state index in [2.05, 4.69) is 23.1 Å². The largest absolute Gasteiger partial charge is 0.345 e. The van der Waals surface area contributed by atoms with Crippen molar-refractivity contribution in [1.29, 1.82) is 0 Å². The van der Waals surface area contributed by atoms with Gasteiger partial charge in [0.2, 0.25) is 0 Å². The Morgan fingerprint density at radius 1 is 1.50 bits per heavy atom. The average Bonchev–Trinajstić information content (AvgIpc) is 2.37. The number of pyridine rings is 1. The van der Waals surface area contributed by atoms with Gasteiger partial charge >= 0.3 is 0 Å². The third-order valence-corrected chi connectivity index (χ3v) is 2.88. The fraction of sp³-hybridized carbons (Fsp3) is 0.500. The number of halogens is 1. The highest BCUT2D eigenvalue weighted by molar-refractivity contribution is 6.33. The van der Waals surface area contributed by atoms with Gasteiger partial charge in [-0.05, 0) is 31.5 Å². The molecular weight excluding hydrogens is 246 g/mol. The molecule has 0 spiro atoms. The highest BCUT2D eigenvalue weighted by Gasteiger charge is 2.09. The van der Waals surface area contributed by atoms with Crippen molar-refractivity contribution in [1.82, 2.24) is 10.3 Å². The molecule has 1 rings (SSSR count). The summed E-state index contributed by atoms with van der Waals surface area (Å²) in [6.45, 7) is 7.28. The van der Waals surface area contributed by atoms with Crippen LogP contribution in [0.15, 0.2) is 12.3 Å². The summed E-state index contributed by atoms with van der Waals surface area (Å²) in [5.74, 6) is 3.38. The topological polar surface area (TPSA) is 28.2 Å². The van der Waals surface area contributed by atoms with Gasteiger partial charge < -0.3 is 10.2 Å². The molecule has 0 aromatic carbocycles. The second-order valence-corrected chi connectivity index (χ2v) is 4.45. The Morgan fingerprint density at radius 3 is 2.83 bits per heavy atom. The molecule has 0 bridgehead atoms. The van der Waals surface area contributed by atoms with Crippen LogP contribution in [-0.4, -0.2) is 24.6 Å². The summed E-state index contributed by atoms with van der Waals surface area (Å²) in [6.07, 6.45) is 8.30. The lowest BCUT2D eigenvalue weighted by Gasteiger charge is -2.20. The molecule has 4 heteroatoms. The van der Waals surface area contributed by atoms with E-state index in [-0.39, 0.29) is 0 Å². The molecule has 0 saturated carbocycles. The first kappa shape index (κ1) is 14.8. The molecule has 0 amide bonds. The summed E-state index contributed by atoms with van der Waals surface area (Å²) < 4.78 is 0. The Hall–Kier alpha value is -1.24. The van der Waals surface area contributed by atoms with Gasteiger partial charge in [-0.2, -0.15) is 0 Å². The second kappa shape index (κ2) is 7.97. The molecule has 18 heavy (non-hydrogen) atoms. The lowest BCUT2D eigenvalue weighted by molar-refractivity contribution is 0.673. The zero-order valence-electron chi connectivity index (χ0n) is 11.0. The van der Waals surface area contributed by atoms with E-state index in [1.165, 1.54) is 0 Å². The first-order valence-corrected chi connectivity index (χ1v) is 6.64. The van der Waals surface area contributed by atoms with Crippen LogP contribution in [0.1, 0.15) is 25.8 Å². The minimum atomic E-state index is 0.524. The maximum absolute atomic E-state index is 6.25. The fourth-order valence-corrected chi connectivity index (χ4v) is 1.96. The number of rotatable bonds is 7. The van der Waals surface area contributed by atoms with Crippen molar-refractivity contribution < 1.29 is 0 Å². The molecule has 3 nitrogen and oxygen atoms in total. The minimum absolute atomic E-state index is 0.524. The number of aromatic nitrogens is 1. The van der Waals surface area contributed by atoms with Crippen molar-refractivity contribution in [3.05, 3.63) is 22.8 Å². The Morgan fingerprint density at radius 2 is 2.28 bits per heavy atom. The molecule has 0 saturated heterocycles. The van der Waals surface area contributed by atoms with Gasteiger partial charge in [-0.25, -0.2) is 4.98 Å². The number of anilines is 1. The van der Waals surface area contributed by atoms with Gasteiger partial charge in [0.1, 0.15) is 5.82 Å². The third kappa shape index (κ3) is 4.21. The summed E-state index contributed by atoms with van der Waals surface area (Å²) >= 11 is 6.25. The van der Waals surface area contributed by atoms with Gasteiger partial charge in [0, 0.05) is 19.3 Å². The van der Waals surface area contributed by atoms with Crippen molar-refractivity contribution in [2.75, 3.05) is 24.5 Å². The highest BCUT2D eigenvalue weighted by atomic mass is 35.5. The Bertz CT molecular complexity index is 412. The molecule has 0 atom stereocenters. The van der Waals surface area contributed by atoms with Crippen LogP contribution in [0.2, 0.25) is 5.02 Å². The summed E-state index contributed by atoms with van der Waals surface area (Å²) in [5, 5.41) is 3.98. The second-order valence-electron chi connectivity index (χ2n) is 4.04. The van der Waals surface area contributed by atoms with Crippen LogP contribution in [0.3, 0.4) is 0 Å². The normalized spacial score (nSPS) is 10.1. The van der Waals surface area contributed by atoms with E-state index < -0.39 is 0 Å². The molecule has 1 aromatic rings. The predicted molar refractivity (Wildman–Crippen MR) is 78.0 cm³/mol. The van der Waals surface area contributed by atoms with Gasteiger partial charge in [0.05, 0.1) is 11.6 Å². The summed E-state index contributed by atoms with van der Waals surface area (Å²) in [6, 6.07) is 1.95. The maximum atomic E-state index is 6.25. The third-order valence-electron chi connectivity index (χ3n) is 2.60. The summed E-state index contributed by atoms with van der Waals surface area (Å²) in [4.78, 5) is 6.38. The van der Waals surface area contributed by atoms with E-state index in [0.717, 1.165) is 37.4 Å². The number of hydrogen-bond donors (Lipinski definition) is 1. The van der Waals surface area contributed by atoms with Crippen molar-refractivity contribution in [3.8, 4) is 12.3 Å². The molecule has 1 N–H and O–H groups in total. The van der Waals surface area contributed by atoms with E-state index in [1.807, 2.05) is 24.1 Å². The van der Waals surface area contributed by atoms with E-state index in [4.69, 9.17) is 18.0 Å². The van der Waals surface area contributed by atoms with Crippen molar-refractivity contribution in [2.45, 2.75) is 26.8 Å². The molecule has 0 aliphatic rings. The predicted octanol–water partition coefficient (Wildman–Crippen LogP) is 2.69. The summed E-state index contributed by atoms with van der Waals surface area (Å²) in [5.41, 5.74) is 1.09. The Labute approximate surface area is 115 Å². The Kier molecular flexibility index (Phi) is 6.56. The van der Waals surface area contributed by atoms with E-state index in [1.54, 1.807) is 0 Å². The minimum Gasteiger partial charge on any atom is -0.345 e. The number of nitrogens with zero attached hydrogens (tertiary/aromatic N) is 2. The van der Waals surface area contributed by atoms with Gasteiger partial charge in [0.15, 0.2) is 0 Å². The number of hydrogen-bond acceptors (Lipinski definition) is 3. The van der Waals surface area contributed by atoms with Gasteiger partial charge in [0.25, 0.3) is 0 Å². The first-order chi connectivity index (χ1) is 8.72. The molecule has 98 valence electrons. The Balaban J connectivity index is 2.75. The lowest BCUT2D eigenvalue weighted by Crippen LogP contribution is -2.24. The standard InChI is InChI=1S/C14H20ClN3/c1-4-7-16-10-12-9-13(15)14(17-11-12)18(6-3)8-5-2/h2,9,11,16H,4,6-8,10H2,1,3H3. The fourth-order valence-electron chi connectivity index (χ4n) is 1.66. The lowest BCUT2D eigenvalue weighted by atomic mass is 10.2. The molecule has 0 unspecified atom stereocenters. The van der Waals surface area contributed by atoms with Gasteiger partial charge in [-0.15, -0.1) is 6.42 Å². The quantitative estimate of drug-likeness (QED) is 0.607. The number of terminal acetylenes is 1. The van der Waals surface area contributed by atoms with Crippen LogP contribution in [0.5, 0.6) is 0 Å². The van der Waals surface area contributed by atoms with E-state index >= 15 is 0 Å². The summed E-state index contributed by atoms with van der Waals surface area (Å²) in [7, 11) is 0. The van der Waals surface area contributed by atoms with Crippen molar-refractivity contribution in [2.24, 2.45) is 0 Å². The highest BCUT2D eigenvalue weighted by Crippen LogP contribution is 2.23. The average molecular weight is 266 g/mol. The molecule has 0 radical (unpaired) electrons. The molecule has 1 heterocycles. The van der Waals surface area contributed by atoms with Crippen LogP contribution in [-0.2, 0) is 6.54 Å². The van der Waals surface area contributed by atoms with Crippen LogP contribution in [0, 0.1) is 12.3 Å². The van der Waals surface area contributed by atoms with Crippen LogP contribution >= 0.6 is 11.6 Å². The van der Waals surface area contributed by atoms with E-state index in [0.29, 0.717) is 11.6 Å². The molecule has 0 aliphatic heterocycles. The first-order valence-electron chi connectivity index (χ1n) is 6.26. The monoisotopic (exact) mass is 265 g/mol. The molecular formula is C14H20ClN3. The molecule has 0 aliphatic carbocycles. The van der Waals surface area contributed by atoms with Gasteiger partial charge in [-0.3, -0.25) is 0 Å². The van der Waals surface area contributed by atoms with Crippen LogP contribution < -0.4 is 10.2 Å². The zero-order chi connectivity index (χ0) is 13.4.